The summed E-state index contributed by atoms with van der Waals surface area (Å²) in [5.41, 5.74) is 5.90. The molecule has 0 aliphatic heterocycles. The van der Waals surface area contributed by atoms with Gasteiger partial charge in [-0.1, -0.05) is 54.6 Å². The van der Waals surface area contributed by atoms with Gasteiger partial charge in [-0.2, -0.15) is 0 Å². The third-order valence-electron chi connectivity index (χ3n) is 5.36. The summed E-state index contributed by atoms with van der Waals surface area (Å²) in [6, 6.07) is 27.1. The number of carbonyl (C=O) groups excluding carboxylic acids is 1. The molecule has 2 heterocycles. The first-order valence-corrected chi connectivity index (χ1v) is 10.5. The predicted octanol–water partition coefficient (Wildman–Crippen LogP) is 5.66. The predicted molar refractivity (Wildman–Crippen MR) is 127 cm³/mol. The average Bonchev–Trinajstić information content (AvgIpc) is 3.32. The molecule has 162 valence electrons. The number of benzene rings is 3. The Morgan fingerprint density at radius 2 is 1.73 bits per heavy atom. The Morgan fingerprint density at radius 1 is 0.909 bits per heavy atom. The number of nitrogens with one attached hydrogen (secondary N) is 1. The lowest BCUT2D eigenvalue weighted by Crippen LogP contribution is -2.00. The Hall–Kier alpha value is -4.45. The number of aromatic nitrogens is 3. The number of nitrogens with zero attached hydrogens (tertiary/aromatic N) is 2. The second-order valence-electron chi connectivity index (χ2n) is 7.51. The fourth-order valence-electron chi connectivity index (χ4n) is 3.66. The third kappa shape index (κ3) is 4.32. The standard InChI is InChI=1S/C27H21N3O3/c1-32-27(31)20-12-10-19(11-13-20)25-29-24-23(14-15-28-26(24)30-25)21-8-5-9-22(16-21)33-17-18-6-3-2-4-7-18/h2-16H,17H2,1H3,(H,28,29,30). The number of carbonyl (C=O) groups is 1. The summed E-state index contributed by atoms with van der Waals surface area (Å²) in [5.74, 6) is 1.10. The molecule has 6 heteroatoms. The van der Waals surface area contributed by atoms with Crippen LogP contribution in [0.3, 0.4) is 0 Å². The maximum atomic E-state index is 11.7. The molecular weight excluding hydrogens is 414 g/mol. The molecule has 0 saturated carbocycles. The van der Waals surface area contributed by atoms with Crippen molar-refractivity contribution < 1.29 is 14.3 Å². The summed E-state index contributed by atoms with van der Waals surface area (Å²) in [6.45, 7) is 0.506. The molecule has 1 N–H and O–H groups in total. The summed E-state index contributed by atoms with van der Waals surface area (Å²) in [5, 5.41) is 0. The van der Waals surface area contributed by atoms with Crippen molar-refractivity contribution in [1.29, 1.82) is 0 Å². The van der Waals surface area contributed by atoms with Crippen molar-refractivity contribution in [2.45, 2.75) is 6.61 Å². The van der Waals surface area contributed by atoms with Crippen LogP contribution in [0.15, 0.2) is 91.1 Å². The zero-order valence-corrected chi connectivity index (χ0v) is 18.0. The van der Waals surface area contributed by atoms with Gasteiger partial charge < -0.3 is 14.5 Å². The smallest absolute Gasteiger partial charge is 0.337 e. The molecule has 3 aromatic carbocycles. The van der Waals surface area contributed by atoms with Crippen LogP contribution >= 0.6 is 0 Å². The van der Waals surface area contributed by atoms with Gasteiger partial charge in [0.2, 0.25) is 0 Å². The van der Waals surface area contributed by atoms with Gasteiger partial charge in [0.15, 0.2) is 5.65 Å². The second kappa shape index (κ2) is 8.96. The monoisotopic (exact) mass is 435 g/mol. The Balaban J connectivity index is 1.44. The van der Waals surface area contributed by atoms with E-state index in [1.54, 1.807) is 18.3 Å². The highest BCUT2D eigenvalue weighted by Gasteiger charge is 2.13. The number of methoxy groups -OCH3 is 1. The zero-order chi connectivity index (χ0) is 22.6. The summed E-state index contributed by atoms with van der Waals surface area (Å²) >= 11 is 0. The molecule has 6 nitrogen and oxygen atoms in total. The number of pyridine rings is 1. The zero-order valence-electron chi connectivity index (χ0n) is 18.0. The molecule has 0 aliphatic rings. The van der Waals surface area contributed by atoms with E-state index in [-0.39, 0.29) is 5.97 Å². The van der Waals surface area contributed by atoms with Crippen LogP contribution in [0.25, 0.3) is 33.7 Å². The van der Waals surface area contributed by atoms with Gasteiger partial charge in [-0.15, -0.1) is 0 Å². The van der Waals surface area contributed by atoms with Crippen LogP contribution in [0.5, 0.6) is 5.75 Å². The van der Waals surface area contributed by atoms with E-state index < -0.39 is 0 Å². The molecule has 5 aromatic rings. The van der Waals surface area contributed by atoms with Gasteiger partial charge in [0.1, 0.15) is 18.2 Å². The van der Waals surface area contributed by atoms with Crippen molar-refractivity contribution in [1.82, 2.24) is 15.0 Å². The highest BCUT2D eigenvalue weighted by molar-refractivity contribution is 5.92. The molecule has 0 aliphatic carbocycles. The number of hydrogen-bond acceptors (Lipinski definition) is 5. The minimum Gasteiger partial charge on any atom is -0.489 e. The fraction of sp³-hybridized carbons (Fsp3) is 0.0741. The van der Waals surface area contributed by atoms with E-state index in [0.29, 0.717) is 23.6 Å². The minimum absolute atomic E-state index is 0.371. The lowest BCUT2D eigenvalue weighted by atomic mass is 10.1. The highest BCUT2D eigenvalue weighted by atomic mass is 16.5. The third-order valence-corrected chi connectivity index (χ3v) is 5.36. The van der Waals surface area contributed by atoms with E-state index in [4.69, 9.17) is 9.47 Å². The van der Waals surface area contributed by atoms with Crippen molar-refractivity contribution in [2.75, 3.05) is 7.11 Å². The molecule has 0 atom stereocenters. The normalized spacial score (nSPS) is 10.8. The maximum Gasteiger partial charge on any atom is 0.337 e. The molecule has 2 aromatic heterocycles. The molecule has 0 unspecified atom stereocenters. The number of esters is 1. The van der Waals surface area contributed by atoms with E-state index in [0.717, 1.165) is 33.5 Å². The Morgan fingerprint density at radius 3 is 2.52 bits per heavy atom. The van der Waals surface area contributed by atoms with Crippen LogP contribution < -0.4 is 4.74 Å². The first-order valence-electron chi connectivity index (χ1n) is 10.5. The van der Waals surface area contributed by atoms with Gasteiger partial charge in [-0.05, 0) is 41.5 Å². The first-order chi connectivity index (χ1) is 16.2. The molecule has 0 fully saturated rings. The number of ether oxygens (including phenoxy) is 2. The number of imidazole rings is 1. The molecule has 5 rings (SSSR count). The number of aromatic amines is 1. The first kappa shape index (κ1) is 20.5. The largest absolute Gasteiger partial charge is 0.489 e. The Labute approximate surface area is 190 Å². The van der Waals surface area contributed by atoms with Gasteiger partial charge in [-0.25, -0.2) is 14.8 Å². The number of H-pyrrole nitrogens is 1. The van der Waals surface area contributed by atoms with Crippen molar-refractivity contribution in [2.24, 2.45) is 0 Å². The summed E-state index contributed by atoms with van der Waals surface area (Å²) < 4.78 is 10.8. The van der Waals surface area contributed by atoms with Crippen LogP contribution in [0, 0.1) is 0 Å². The van der Waals surface area contributed by atoms with Crippen molar-refractivity contribution in [3.8, 4) is 28.3 Å². The number of fused-ring (bicyclic) bond motifs is 1. The Kier molecular flexibility index (Phi) is 5.55. The number of rotatable bonds is 6. The van der Waals surface area contributed by atoms with E-state index in [1.165, 1.54) is 7.11 Å². The van der Waals surface area contributed by atoms with Crippen molar-refractivity contribution in [3.05, 3.63) is 102 Å². The molecule has 0 amide bonds. The summed E-state index contributed by atoms with van der Waals surface area (Å²) in [4.78, 5) is 24.2. The van der Waals surface area contributed by atoms with Crippen LogP contribution in [-0.2, 0) is 11.3 Å². The fourth-order valence-corrected chi connectivity index (χ4v) is 3.66. The summed E-state index contributed by atoms with van der Waals surface area (Å²) in [7, 11) is 1.37. The van der Waals surface area contributed by atoms with Crippen LogP contribution in [-0.4, -0.2) is 28.0 Å². The SMILES string of the molecule is COC(=O)c1ccc(-c2nc3nccc(-c4cccc(OCc5ccccc5)c4)c3[nH]2)cc1. The lowest BCUT2D eigenvalue weighted by molar-refractivity contribution is 0.0600. The van der Waals surface area contributed by atoms with Gasteiger partial charge in [-0.3, -0.25) is 0 Å². The quantitative estimate of drug-likeness (QED) is 0.348. The van der Waals surface area contributed by atoms with Gasteiger partial charge in [0.05, 0.1) is 18.2 Å². The van der Waals surface area contributed by atoms with Crippen molar-refractivity contribution in [3.63, 3.8) is 0 Å². The molecule has 0 radical (unpaired) electrons. The highest BCUT2D eigenvalue weighted by Crippen LogP contribution is 2.31. The molecule has 0 saturated heterocycles. The van der Waals surface area contributed by atoms with Gasteiger partial charge >= 0.3 is 5.97 Å². The van der Waals surface area contributed by atoms with E-state index in [9.17, 15) is 4.79 Å². The van der Waals surface area contributed by atoms with Crippen LogP contribution in [0.1, 0.15) is 15.9 Å². The molecule has 0 bridgehead atoms. The lowest BCUT2D eigenvalue weighted by Gasteiger charge is -2.09. The van der Waals surface area contributed by atoms with E-state index in [1.807, 2.05) is 72.8 Å². The summed E-state index contributed by atoms with van der Waals surface area (Å²) in [6.07, 6.45) is 1.75. The topological polar surface area (TPSA) is 77.1 Å². The van der Waals surface area contributed by atoms with Gasteiger partial charge in [0.25, 0.3) is 0 Å². The Bertz CT molecular complexity index is 1410. The van der Waals surface area contributed by atoms with E-state index in [2.05, 4.69) is 15.0 Å². The molecule has 0 spiro atoms. The molecular formula is C27H21N3O3. The van der Waals surface area contributed by atoms with Crippen molar-refractivity contribution >= 4 is 17.1 Å². The maximum absolute atomic E-state index is 11.7. The van der Waals surface area contributed by atoms with Crippen LogP contribution in [0.2, 0.25) is 0 Å². The molecule has 33 heavy (non-hydrogen) atoms. The van der Waals surface area contributed by atoms with E-state index >= 15 is 0 Å². The van der Waals surface area contributed by atoms with Gasteiger partial charge in [0, 0.05) is 17.3 Å². The number of hydrogen-bond donors (Lipinski definition) is 1. The van der Waals surface area contributed by atoms with Crippen LogP contribution in [0.4, 0.5) is 0 Å². The second-order valence-corrected chi connectivity index (χ2v) is 7.51. The minimum atomic E-state index is -0.371. The average molecular weight is 435 g/mol.